The van der Waals surface area contributed by atoms with E-state index in [-0.39, 0.29) is 0 Å². The first kappa shape index (κ1) is 25.7. The standard InChI is InChI=1S/C40H27N3O/c1-3-11-27(12-4-1)30-23-31(25-32(24-30)42-39-19-10-18-37(43-39)36-17-7-8-22-41-36)29-20-21-34-35-16-9-15-33(28-13-5-2-6-14-28)40(35)44-38(34)26-29/h1-26H,(H,42,43). The van der Waals surface area contributed by atoms with Gasteiger partial charge in [0.05, 0.1) is 11.4 Å². The molecular formula is C40H27N3O. The second kappa shape index (κ2) is 11.0. The van der Waals surface area contributed by atoms with Crippen LogP contribution in [0.3, 0.4) is 0 Å². The molecule has 3 heterocycles. The Bertz CT molecular complexity index is 2240. The lowest BCUT2D eigenvalue weighted by atomic mass is 9.97. The number of nitrogens with one attached hydrogen (secondary N) is 1. The van der Waals surface area contributed by atoms with Crippen LogP contribution < -0.4 is 5.32 Å². The predicted molar refractivity (Wildman–Crippen MR) is 181 cm³/mol. The smallest absolute Gasteiger partial charge is 0.143 e. The van der Waals surface area contributed by atoms with E-state index in [1.54, 1.807) is 6.20 Å². The van der Waals surface area contributed by atoms with Gasteiger partial charge in [0.15, 0.2) is 0 Å². The van der Waals surface area contributed by atoms with E-state index >= 15 is 0 Å². The van der Waals surface area contributed by atoms with Crippen LogP contribution in [0, 0.1) is 0 Å². The SMILES string of the molecule is c1ccc(-c2cc(Nc3cccc(-c4ccccn4)n3)cc(-c3ccc4c(c3)oc3c(-c5ccccc5)cccc34)c2)cc1. The van der Waals surface area contributed by atoms with Crippen LogP contribution in [-0.4, -0.2) is 9.97 Å². The average molecular weight is 566 g/mol. The zero-order valence-corrected chi connectivity index (χ0v) is 23.8. The number of rotatable bonds is 6. The number of furan rings is 1. The van der Waals surface area contributed by atoms with Crippen molar-refractivity contribution in [3.8, 4) is 44.8 Å². The number of para-hydroxylation sites is 1. The van der Waals surface area contributed by atoms with E-state index < -0.39 is 0 Å². The van der Waals surface area contributed by atoms with Gasteiger partial charge in [-0.25, -0.2) is 4.98 Å². The highest BCUT2D eigenvalue weighted by atomic mass is 16.3. The maximum absolute atomic E-state index is 6.56. The summed E-state index contributed by atoms with van der Waals surface area (Å²) in [5, 5.41) is 5.78. The first-order valence-corrected chi connectivity index (χ1v) is 14.7. The van der Waals surface area contributed by atoms with E-state index in [4.69, 9.17) is 9.40 Å². The number of benzene rings is 5. The largest absolute Gasteiger partial charge is 0.455 e. The topological polar surface area (TPSA) is 51.0 Å². The van der Waals surface area contributed by atoms with Crippen LogP contribution in [0.15, 0.2) is 162 Å². The fourth-order valence-electron chi connectivity index (χ4n) is 5.80. The maximum atomic E-state index is 6.56. The van der Waals surface area contributed by atoms with E-state index in [9.17, 15) is 0 Å². The Morgan fingerprint density at radius 3 is 2.00 bits per heavy atom. The lowest BCUT2D eigenvalue weighted by molar-refractivity contribution is 0.670. The van der Waals surface area contributed by atoms with Crippen molar-refractivity contribution in [1.82, 2.24) is 9.97 Å². The van der Waals surface area contributed by atoms with Crippen LogP contribution >= 0.6 is 0 Å². The first-order chi connectivity index (χ1) is 21.8. The first-order valence-electron chi connectivity index (χ1n) is 14.7. The molecular weight excluding hydrogens is 538 g/mol. The number of hydrogen-bond acceptors (Lipinski definition) is 4. The van der Waals surface area contributed by atoms with Crippen LogP contribution in [0.1, 0.15) is 0 Å². The number of pyridine rings is 2. The number of hydrogen-bond donors (Lipinski definition) is 1. The summed E-state index contributed by atoms with van der Waals surface area (Å²) in [7, 11) is 0. The molecule has 0 amide bonds. The summed E-state index contributed by atoms with van der Waals surface area (Å²) in [6.45, 7) is 0. The molecule has 0 fully saturated rings. The van der Waals surface area contributed by atoms with Crippen molar-refractivity contribution in [1.29, 1.82) is 0 Å². The van der Waals surface area contributed by atoms with Crippen molar-refractivity contribution in [3.63, 3.8) is 0 Å². The Hall–Kier alpha value is -6.00. The van der Waals surface area contributed by atoms with Crippen molar-refractivity contribution < 1.29 is 4.42 Å². The minimum atomic E-state index is 0.755. The van der Waals surface area contributed by atoms with Crippen LogP contribution in [0.4, 0.5) is 11.5 Å². The van der Waals surface area contributed by atoms with Gasteiger partial charge in [-0.2, -0.15) is 0 Å². The Balaban J connectivity index is 1.22. The van der Waals surface area contributed by atoms with E-state index in [0.717, 1.165) is 78.2 Å². The monoisotopic (exact) mass is 565 g/mol. The number of fused-ring (bicyclic) bond motifs is 3. The van der Waals surface area contributed by atoms with E-state index in [0.29, 0.717) is 0 Å². The van der Waals surface area contributed by atoms with Gasteiger partial charge in [-0.15, -0.1) is 0 Å². The molecule has 0 radical (unpaired) electrons. The number of anilines is 2. The van der Waals surface area contributed by atoms with Gasteiger partial charge in [-0.05, 0) is 82.4 Å². The Labute approximate surface area is 255 Å². The van der Waals surface area contributed by atoms with E-state index in [2.05, 4.69) is 113 Å². The molecule has 0 atom stereocenters. The second-order valence-corrected chi connectivity index (χ2v) is 10.8. The number of aromatic nitrogens is 2. The molecule has 0 bridgehead atoms. The lowest BCUT2D eigenvalue weighted by Gasteiger charge is -2.13. The van der Waals surface area contributed by atoms with Crippen molar-refractivity contribution in [2.75, 3.05) is 5.32 Å². The molecule has 44 heavy (non-hydrogen) atoms. The summed E-state index contributed by atoms with van der Waals surface area (Å²) in [6, 6.07) is 52.1. The third-order valence-corrected chi connectivity index (χ3v) is 7.91. The molecule has 0 aliphatic carbocycles. The summed E-state index contributed by atoms with van der Waals surface area (Å²) in [6.07, 6.45) is 1.79. The third kappa shape index (κ3) is 4.89. The Morgan fingerprint density at radius 2 is 1.20 bits per heavy atom. The molecule has 0 saturated heterocycles. The zero-order valence-electron chi connectivity index (χ0n) is 23.8. The average Bonchev–Trinajstić information content (AvgIpc) is 3.48. The molecule has 5 aromatic carbocycles. The van der Waals surface area contributed by atoms with Crippen LogP contribution in [0.2, 0.25) is 0 Å². The molecule has 0 aliphatic heterocycles. The fourth-order valence-corrected chi connectivity index (χ4v) is 5.80. The maximum Gasteiger partial charge on any atom is 0.143 e. The molecule has 0 aliphatic rings. The molecule has 4 nitrogen and oxygen atoms in total. The normalized spacial score (nSPS) is 11.2. The molecule has 8 rings (SSSR count). The molecule has 208 valence electrons. The van der Waals surface area contributed by atoms with Crippen LogP contribution in [0.25, 0.3) is 66.7 Å². The lowest BCUT2D eigenvalue weighted by Crippen LogP contribution is -1.96. The minimum absolute atomic E-state index is 0.755. The van der Waals surface area contributed by atoms with E-state index in [1.807, 2.05) is 48.5 Å². The van der Waals surface area contributed by atoms with Crippen molar-refractivity contribution in [3.05, 3.63) is 158 Å². The van der Waals surface area contributed by atoms with Crippen LogP contribution in [-0.2, 0) is 0 Å². The summed E-state index contributed by atoms with van der Waals surface area (Å²) in [5.41, 5.74) is 11.0. The molecule has 0 saturated carbocycles. The highest BCUT2D eigenvalue weighted by molar-refractivity contribution is 6.10. The van der Waals surface area contributed by atoms with Crippen LogP contribution in [0.5, 0.6) is 0 Å². The highest BCUT2D eigenvalue weighted by Crippen LogP contribution is 2.38. The van der Waals surface area contributed by atoms with E-state index in [1.165, 1.54) is 0 Å². The summed E-state index contributed by atoms with van der Waals surface area (Å²) >= 11 is 0. The molecule has 0 unspecified atom stereocenters. The predicted octanol–water partition coefficient (Wildman–Crippen LogP) is 10.8. The quantitative estimate of drug-likeness (QED) is 0.218. The van der Waals surface area contributed by atoms with Gasteiger partial charge in [-0.1, -0.05) is 97.1 Å². The number of nitrogens with zero attached hydrogens (tertiary/aromatic N) is 2. The minimum Gasteiger partial charge on any atom is -0.455 e. The fraction of sp³-hybridized carbons (Fsp3) is 0. The summed E-state index contributed by atoms with van der Waals surface area (Å²) < 4.78 is 6.56. The molecule has 0 spiro atoms. The van der Waals surface area contributed by atoms with Gasteiger partial charge < -0.3 is 9.73 Å². The van der Waals surface area contributed by atoms with Crippen molar-refractivity contribution in [2.24, 2.45) is 0 Å². The van der Waals surface area contributed by atoms with Gasteiger partial charge in [-0.3, -0.25) is 4.98 Å². The highest BCUT2D eigenvalue weighted by Gasteiger charge is 2.14. The Kier molecular flexibility index (Phi) is 6.43. The van der Waals surface area contributed by atoms with Gasteiger partial charge in [0.1, 0.15) is 17.0 Å². The van der Waals surface area contributed by atoms with Gasteiger partial charge in [0.25, 0.3) is 0 Å². The molecule has 8 aromatic rings. The summed E-state index contributed by atoms with van der Waals surface area (Å²) in [5.74, 6) is 0.755. The molecule has 3 aromatic heterocycles. The molecule has 4 heteroatoms. The zero-order chi connectivity index (χ0) is 29.3. The summed E-state index contributed by atoms with van der Waals surface area (Å²) in [4.78, 5) is 9.32. The van der Waals surface area contributed by atoms with Gasteiger partial charge >= 0.3 is 0 Å². The Morgan fingerprint density at radius 1 is 0.477 bits per heavy atom. The van der Waals surface area contributed by atoms with Crippen molar-refractivity contribution in [2.45, 2.75) is 0 Å². The van der Waals surface area contributed by atoms with Gasteiger partial charge in [0.2, 0.25) is 0 Å². The second-order valence-electron chi connectivity index (χ2n) is 10.8. The molecule has 1 N–H and O–H groups in total. The van der Waals surface area contributed by atoms with Crippen molar-refractivity contribution >= 4 is 33.4 Å². The third-order valence-electron chi connectivity index (χ3n) is 7.91. The van der Waals surface area contributed by atoms with Gasteiger partial charge in [0, 0.05) is 28.2 Å².